The van der Waals surface area contributed by atoms with E-state index in [1.807, 2.05) is 0 Å². The molecule has 1 aliphatic carbocycles. The van der Waals surface area contributed by atoms with Gasteiger partial charge in [0.1, 0.15) is 0 Å². The van der Waals surface area contributed by atoms with Gasteiger partial charge in [-0.2, -0.15) is 0 Å². The van der Waals surface area contributed by atoms with Crippen LogP contribution in [0.3, 0.4) is 0 Å². The fourth-order valence-corrected chi connectivity index (χ4v) is 4.74. The van der Waals surface area contributed by atoms with Crippen LogP contribution >= 0.6 is 0 Å². The third-order valence-corrected chi connectivity index (χ3v) is 7.08. The molecule has 0 aliphatic heterocycles. The Labute approximate surface area is 204 Å². The van der Waals surface area contributed by atoms with Gasteiger partial charge >= 0.3 is 5.97 Å². The highest BCUT2D eigenvalue weighted by Gasteiger charge is 2.38. The predicted octanol–water partition coefficient (Wildman–Crippen LogP) is 4.56. The quantitative estimate of drug-likeness (QED) is 0.408. The molecule has 0 unspecified atom stereocenters. The molecule has 184 valence electrons. The van der Waals surface area contributed by atoms with Crippen LogP contribution < -0.4 is 10.9 Å². The van der Waals surface area contributed by atoms with Crippen LogP contribution in [0.5, 0.6) is 0 Å². The molecule has 2 heterocycles. The number of nitrogens with zero attached hydrogens (tertiary/aromatic N) is 2. The first-order valence-electron chi connectivity index (χ1n) is 11.6. The lowest BCUT2D eigenvalue weighted by atomic mass is 9.74. The number of benzene rings is 2. The van der Waals surface area contributed by atoms with E-state index in [4.69, 9.17) is 0 Å². The number of hydrogen-bond acceptors (Lipinski definition) is 4. The van der Waals surface area contributed by atoms with E-state index >= 15 is 0 Å². The van der Waals surface area contributed by atoms with Gasteiger partial charge in [-0.15, -0.1) is 0 Å². The summed E-state index contributed by atoms with van der Waals surface area (Å²) in [6, 6.07) is 11.3. The van der Waals surface area contributed by atoms with Crippen molar-refractivity contribution in [2.75, 3.05) is 0 Å². The summed E-state index contributed by atoms with van der Waals surface area (Å²) in [5, 5.41) is 12.6. The van der Waals surface area contributed by atoms with Gasteiger partial charge in [0.15, 0.2) is 17.3 Å². The Bertz CT molecular complexity index is 1590. The Hall–Kier alpha value is -4.14. The van der Waals surface area contributed by atoms with Crippen molar-refractivity contribution in [3.05, 3.63) is 82.3 Å². The average Bonchev–Trinajstić information content (AvgIpc) is 2.87. The van der Waals surface area contributed by atoms with Gasteiger partial charge in [-0.25, -0.2) is 13.8 Å². The minimum Gasteiger partial charge on any atom is -0.481 e. The van der Waals surface area contributed by atoms with Gasteiger partial charge in [-0.1, -0.05) is 12.1 Å². The second kappa shape index (κ2) is 8.82. The standard InChI is InChI=1S/C27H23F2N3O4/c1-27(26(35)36)10-8-17(9-11-27)30-24(33)18-3-2-12-32-23(18)31-22-7-5-15(13-19(22)25(32)34)16-4-6-20(28)21(29)14-16/h2-7,12-14,17H,8-11H2,1H3,(H,30,33)(H,35,36). The third kappa shape index (κ3) is 4.10. The summed E-state index contributed by atoms with van der Waals surface area (Å²) in [6.45, 7) is 1.72. The number of hydrogen-bond donors (Lipinski definition) is 2. The largest absolute Gasteiger partial charge is 0.481 e. The zero-order valence-electron chi connectivity index (χ0n) is 19.4. The van der Waals surface area contributed by atoms with Crippen molar-refractivity contribution in [3.63, 3.8) is 0 Å². The molecule has 0 bridgehead atoms. The second-order valence-electron chi connectivity index (χ2n) is 9.51. The molecule has 7 nitrogen and oxygen atoms in total. The predicted molar refractivity (Wildman–Crippen MR) is 130 cm³/mol. The number of aromatic nitrogens is 2. The molecule has 1 amide bonds. The number of aliphatic carboxylic acids is 1. The van der Waals surface area contributed by atoms with Gasteiger partial charge in [-0.3, -0.25) is 18.8 Å². The normalized spacial score (nSPS) is 19.9. The van der Waals surface area contributed by atoms with E-state index in [1.54, 1.807) is 37.3 Å². The van der Waals surface area contributed by atoms with Crippen molar-refractivity contribution in [1.82, 2.24) is 14.7 Å². The number of carboxylic acids is 1. The van der Waals surface area contributed by atoms with Crippen LogP contribution in [0.4, 0.5) is 8.78 Å². The Balaban J connectivity index is 1.48. The maximum Gasteiger partial charge on any atom is 0.309 e. The molecule has 0 spiro atoms. The number of carboxylic acid groups (broad SMARTS) is 1. The van der Waals surface area contributed by atoms with Gasteiger partial charge in [0, 0.05) is 12.2 Å². The van der Waals surface area contributed by atoms with Crippen molar-refractivity contribution in [3.8, 4) is 11.1 Å². The highest BCUT2D eigenvalue weighted by Crippen LogP contribution is 2.36. The summed E-state index contributed by atoms with van der Waals surface area (Å²) < 4.78 is 28.3. The van der Waals surface area contributed by atoms with E-state index in [1.165, 1.54) is 16.7 Å². The highest BCUT2D eigenvalue weighted by atomic mass is 19.2. The molecule has 2 aromatic heterocycles. The Kier molecular flexibility index (Phi) is 5.78. The first kappa shape index (κ1) is 23.6. The third-order valence-electron chi connectivity index (χ3n) is 7.08. The molecule has 0 saturated heterocycles. The van der Waals surface area contributed by atoms with Crippen LogP contribution in [-0.2, 0) is 4.79 Å². The van der Waals surface area contributed by atoms with Crippen LogP contribution in [0.1, 0.15) is 43.0 Å². The fourth-order valence-electron chi connectivity index (χ4n) is 4.74. The minimum atomic E-state index is -0.984. The lowest BCUT2D eigenvalue weighted by Crippen LogP contribution is -2.42. The molecule has 1 saturated carbocycles. The number of nitrogens with one attached hydrogen (secondary N) is 1. The molecule has 4 aromatic rings. The van der Waals surface area contributed by atoms with E-state index in [2.05, 4.69) is 10.3 Å². The minimum absolute atomic E-state index is 0.170. The van der Waals surface area contributed by atoms with Gasteiger partial charge in [0.2, 0.25) is 0 Å². The molecule has 36 heavy (non-hydrogen) atoms. The van der Waals surface area contributed by atoms with Gasteiger partial charge in [-0.05, 0) is 80.1 Å². The number of pyridine rings is 1. The lowest BCUT2D eigenvalue weighted by Gasteiger charge is -2.34. The highest BCUT2D eigenvalue weighted by molar-refractivity contribution is 6.01. The van der Waals surface area contributed by atoms with Crippen molar-refractivity contribution in [2.24, 2.45) is 5.41 Å². The molecule has 1 fully saturated rings. The van der Waals surface area contributed by atoms with E-state index < -0.39 is 28.6 Å². The average molecular weight is 491 g/mol. The van der Waals surface area contributed by atoms with E-state index in [9.17, 15) is 28.3 Å². The Morgan fingerprint density at radius 3 is 2.44 bits per heavy atom. The summed E-state index contributed by atoms with van der Waals surface area (Å²) in [5.74, 6) is -3.16. The summed E-state index contributed by atoms with van der Waals surface area (Å²) in [6.07, 6.45) is 3.53. The van der Waals surface area contributed by atoms with Crippen molar-refractivity contribution < 1.29 is 23.5 Å². The molecule has 0 radical (unpaired) electrons. The number of rotatable bonds is 4. The maximum atomic E-state index is 13.7. The van der Waals surface area contributed by atoms with Crippen LogP contribution in [-0.4, -0.2) is 32.4 Å². The van der Waals surface area contributed by atoms with Crippen LogP contribution in [0.2, 0.25) is 0 Å². The summed E-state index contributed by atoms with van der Waals surface area (Å²) in [4.78, 5) is 42.5. The van der Waals surface area contributed by atoms with Crippen molar-refractivity contribution >= 4 is 28.4 Å². The molecule has 1 aliphatic rings. The van der Waals surface area contributed by atoms with Crippen molar-refractivity contribution in [2.45, 2.75) is 38.6 Å². The Morgan fingerprint density at radius 2 is 1.75 bits per heavy atom. The fraction of sp³-hybridized carbons (Fsp3) is 0.259. The number of amides is 1. The van der Waals surface area contributed by atoms with E-state index in [-0.39, 0.29) is 28.5 Å². The summed E-state index contributed by atoms with van der Waals surface area (Å²) >= 11 is 0. The summed E-state index contributed by atoms with van der Waals surface area (Å²) in [5.41, 5.74) is 0.546. The van der Waals surface area contributed by atoms with E-state index in [0.717, 1.165) is 12.1 Å². The first-order valence-corrected chi connectivity index (χ1v) is 11.6. The maximum absolute atomic E-state index is 13.7. The van der Waals surface area contributed by atoms with Crippen molar-refractivity contribution in [1.29, 1.82) is 0 Å². The molecule has 2 N–H and O–H groups in total. The Morgan fingerprint density at radius 1 is 1.06 bits per heavy atom. The SMILES string of the molecule is CC1(C(=O)O)CCC(NC(=O)c2cccn3c(=O)c4cc(-c5ccc(F)c(F)c5)ccc4nc23)CC1. The van der Waals surface area contributed by atoms with Crippen LogP contribution in [0, 0.1) is 17.0 Å². The van der Waals surface area contributed by atoms with Gasteiger partial charge in [0.05, 0.1) is 21.9 Å². The first-order chi connectivity index (χ1) is 17.2. The number of halogens is 2. The summed E-state index contributed by atoms with van der Waals surface area (Å²) in [7, 11) is 0. The second-order valence-corrected chi connectivity index (χ2v) is 9.51. The topological polar surface area (TPSA) is 101 Å². The van der Waals surface area contributed by atoms with Crippen LogP contribution in [0.15, 0.2) is 59.5 Å². The molecular formula is C27H23F2N3O4. The molecule has 2 aromatic carbocycles. The van der Waals surface area contributed by atoms with Gasteiger partial charge in [0.25, 0.3) is 11.5 Å². The molecule has 9 heteroatoms. The monoisotopic (exact) mass is 491 g/mol. The van der Waals surface area contributed by atoms with Gasteiger partial charge < -0.3 is 10.4 Å². The molecule has 0 atom stereocenters. The smallest absolute Gasteiger partial charge is 0.309 e. The number of carbonyl (C=O) groups excluding carboxylic acids is 1. The molecule has 5 rings (SSSR count). The zero-order chi connectivity index (χ0) is 25.6. The number of fused-ring (bicyclic) bond motifs is 2. The zero-order valence-corrected chi connectivity index (χ0v) is 19.4. The van der Waals surface area contributed by atoms with E-state index in [0.29, 0.717) is 42.3 Å². The van der Waals surface area contributed by atoms with Crippen LogP contribution in [0.25, 0.3) is 27.7 Å². The lowest BCUT2D eigenvalue weighted by molar-refractivity contribution is -0.149. The molecular weight excluding hydrogens is 468 g/mol. The number of carbonyl (C=O) groups is 2.